The van der Waals surface area contributed by atoms with E-state index in [2.05, 4.69) is 121 Å². The van der Waals surface area contributed by atoms with E-state index in [1.807, 2.05) is 34.0 Å². The molecular formula is C36H20S3. The van der Waals surface area contributed by atoms with Crippen LogP contribution in [0.1, 0.15) is 0 Å². The van der Waals surface area contributed by atoms with Gasteiger partial charge in [-0.25, -0.2) is 0 Å². The Bertz CT molecular complexity index is 2380. The van der Waals surface area contributed by atoms with E-state index in [0.29, 0.717) is 0 Å². The second-order valence-corrected chi connectivity index (χ2v) is 13.4. The van der Waals surface area contributed by atoms with E-state index in [9.17, 15) is 0 Å². The monoisotopic (exact) mass is 548 g/mol. The normalized spacial score (nSPS) is 12.1. The van der Waals surface area contributed by atoms with Gasteiger partial charge in [0.15, 0.2) is 0 Å². The highest BCUT2D eigenvalue weighted by Crippen LogP contribution is 2.46. The topological polar surface area (TPSA) is 0 Å². The summed E-state index contributed by atoms with van der Waals surface area (Å²) in [5, 5.41) is 9.34. The zero-order valence-corrected chi connectivity index (χ0v) is 23.2. The van der Waals surface area contributed by atoms with E-state index >= 15 is 0 Å². The fourth-order valence-corrected chi connectivity index (χ4v) is 9.57. The molecule has 9 rings (SSSR count). The van der Waals surface area contributed by atoms with Gasteiger partial charge in [-0.15, -0.1) is 34.0 Å². The molecule has 0 aliphatic heterocycles. The Morgan fingerprint density at radius 1 is 0.333 bits per heavy atom. The molecule has 0 aliphatic rings. The number of hydrogen-bond acceptors (Lipinski definition) is 3. The molecule has 6 aromatic carbocycles. The third kappa shape index (κ3) is 3.41. The quantitative estimate of drug-likeness (QED) is 0.201. The van der Waals surface area contributed by atoms with Crippen molar-refractivity contribution in [3.8, 4) is 21.6 Å². The summed E-state index contributed by atoms with van der Waals surface area (Å²) in [6, 6.07) is 45.0. The van der Waals surface area contributed by atoms with Crippen LogP contribution in [0.25, 0.3) is 82.8 Å². The van der Waals surface area contributed by atoms with Gasteiger partial charge < -0.3 is 0 Å². The molecule has 0 amide bonds. The van der Waals surface area contributed by atoms with Crippen LogP contribution in [-0.4, -0.2) is 0 Å². The van der Waals surface area contributed by atoms with Crippen LogP contribution in [0.3, 0.4) is 0 Å². The number of rotatable bonds is 2. The number of hydrogen-bond donors (Lipinski definition) is 0. The lowest BCUT2D eigenvalue weighted by atomic mass is 10.0. The molecule has 0 aliphatic carbocycles. The average molecular weight is 549 g/mol. The summed E-state index contributed by atoms with van der Waals surface area (Å²) >= 11 is 5.75. The Hall–Kier alpha value is -4.02. The third-order valence-electron chi connectivity index (χ3n) is 7.81. The number of thiophene rings is 3. The molecule has 3 heterocycles. The average Bonchev–Trinajstić information content (AvgIpc) is 3.66. The van der Waals surface area contributed by atoms with Crippen molar-refractivity contribution in [1.29, 1.82) is 0 Å². The van der Waals surface area contributed by atoms with Gasteiger partial charge in [0.2, 0.25) is 0 Å². The predicted molar refractivity (Wildman–Crippen MR) is 176 cm³/mol. The van der Waals surface area contributed by atoms with Crippen LogP contribution in [0.5, 0.6) is 0 Å². The maximum absolute atomic E-state index is 2.40. The molecule has 0 saturated heterocycles. The third-order valence-corrected chi connectivity index (χ3v) is 11.5. The van der Waals surface area contributed by atoms with E-state index in [1.165, 1.54) is 82.8 Å². The van der Waals surface area contributed by atoms with Crippen molar-refractivity contribution >= 4 is 95.2 Å². The van der Waals surface area contributed by atoms with E-state index in [4.69, 9.17) is 0 Å². The first kappa shape index (κ1) is 21.9. The van der Waals surface area contributed by atoms with E-state index < -0.39 is 0 Å². The van der Waals surface area contributed by atoms with Crippen LogP contribution in [0, 0.1) is 0 Å². The molecule has 182 valence electrons. The second kappa shape index (κ2) is 8.24. The Morgan fingerprint density at radius 2 is 0.949 bits per heavy atom. The van der Waals surface area contributed by atoms with E-state index in [-0.39, 0.29) is 0 Å². The fourth-order valence-electron chi connectivity index (χ4n) is 5.84. The zero-order chi connectivity index (χ0) is 25.5. The molecule has 3 aromatic heterocycles. The first-order valence-corrected chi connectivity index (χ1v) is 15.5. The standard InChI is InChI=1S/C36H20S3/c1-2-6-21(7-3-1)24-12-13-31-28(14-24)20-32(37-31)26-11-10-25-17-30-34(19-27(25)15-26)39-35-29-16-22-8-4-5-9-23(22)18-33(29)38-36(30)35/h1-20H. The van der Waals surface area contributed by atoms with Gasteiger partial charge in [-0.05, 0) is 92.2 Å². The van der Waals surface area contributed by atoms with Crippen molar-refractivity contribution in [2.75, 3.05) is 0 Å². The van der Waals surface area contributed by atoms with Gasteiger partial charge in [0.05, 0.1) is 9.40 Å². The summed E-state index contributed by atoms with van der Waals surface area (Å²) in [6.07, 6.45) is 0. The largest absolute Gasteiger partial charge is 0.135 e. The van der Waals surface area contributed by atoms with Crippen molar-refractivity contribution in [3.05, 3.63) is 121 Å². The van der Waals surface area contributed by atoms with Crippen molar-refractivity contribution in [2.45, 2.75) is 0 Å². The highest BCUT2D eigenvalue weighted by molar-refractivity contribution is 7.36. The van der Waals surface area contributed by atoms with Crippen LogP contribution < -0.4 is 0 Å². The summed E-state index contributed by atoms with van der Waals surface area (Å²) < 4.78 is 6.93. The van der Waals surface area contributed by atoms with Crippen molar-refractivity contribution in [1.82, 2.24) is 0 Å². The van der Waals surface area contributed by atoms with Crippen LogP contribution in [0.15, 0.2) is 121 Å². The second-order valence-electron chi connectivity index (χ2n) is 10.2. The highest BCUT2D eigenvalue weighted by Gasteiger charge is 2.14. The highest BCUT2D eigenvalue weighted by atomic mass is 32.1. The lowest BCUT2D eigenvalue weighted by molar-refractivity contribution is 1.65. The SMILES string of the molecule is c1ccc(-c2ccc3sc(-c4ccc5cc6c(cc5c4)sc4c5cc7ccccc7cc5sc64)cc3c2)cc1. The van der Waals surface area contributed by atoms with E-state index in [0.717, 1.165) is 0 Å². The van der Waals surface area contributed by atoms with Crippen LogP contribution in [0.2, 0.25) is 0 Å². The van der Waals surface area contributed by atoms with Crippen molar-refractivity contribution in [2.24, 2.45) is 0 Å². The molecule has 0 saturated carbocycles. The zero-order valence-electron chi connectivity index (χ0n) is 20.8. The minimum Gasteiger partial charge on any atom is -0.135 e. The van der Waals surface area contributed by atoms with Crippen LogP contribution in [-0.2, 0) is 0 Å². The van der Waals surface area contributed by atoms with Gasteiger partial charge in [-0.1, -0.05) is 72.8 Å². The smallest absolute Gasteiger partial charge is 0.0542 e. The molecule has 0 bridgehead atoms. The Balaban J connectivity index is 1.17. The van der Waals surface area contributed by atoms with Gasteiger partial charge in [0.1, 0.15) is 0 Å². The van der Waals surface area contributed by atoms with Gasteiger partial charge in [-0.2, -0.15) is 0 Å². The molecular weight excluding hydrogens is 529 g/mol. The summed E-state index contributed by atoms with van der Waals surface area (Å²) in [5.74, 6) is 0. The molecule has 0 N–H and O–H groups in total. The van der Waals surface area contributed by atoms with E-state index in [1.54, 1.807) is 0 Å². The Morgan fingerprint density at radius 3 is 1.72 bits per heavy atom. The summed E-state index contributed by atoms with van der Waals surface area (Å²) in [6.45, 7) is 0. The number of fused-ring (bicyclic) bond motifs is 8. The molecule has 0 fully saturated rings. The molecule has 0 atom stereocenters. The first-order valence-electron chi connectivity index (χ1n) is 13.1. The van der Waals surface area contributed by atoms with Gasteiger partial charge in [-0.3, -0.25) is 0 Å². The molecule has 9 aromatic rings. The maximum Gasteiger partial charge on any atom is 0.0542 e. The number of benzene rings is 6. The fraction of sp³-hybridized carbons (Fsp3) is 0. The Labute approximate surface area is 237 Å². The molecule has 3 heteroatoms. The lowest BCUT2D eigenvalue weighted by Gasteiger charge is -2.03. The summed E-state index contributed by atoms with van der Waals surface area (Å²) in [5.41, 5.74) is 3.82. The van der Waals surface area contributed by atoms with Crippen molar-refractivity contribution < 1.29 is 0 Å². The predicted octanol–water partition coefficient (Wildman–Crippen LogP) is 12.1. The van der Waals surface area contributed by atoms with Crippen LogP contribution >= 0.6 is 34.0 Å². The summed E-state index contributed by atoms with van der Waals surface area (Å²) in [4.78, 5) is 1.32. The molecule has 39 heavy (non-hydrogen) atoms. The summed E-state index contributed by atoms with van der Waals surface area (Å²) in [7, 11) is 0. The minimum absolute atomic E-state index is 1.26. The Kier molecular flexibility index (Phi) is 4.62. The molecule has 0 radical (unpaired) electrons. The minimum atomic E-state index is 1.26. The first-order chi connectivity index (χ1) is 19.3. The van der Waals surface area contributed by atoms with Gasteiger partial charge in [0.25, 0.3) is 0 Å². The molecule has 0 nitrogen and oxygen atoms in total. The van der Waals surface area contributed by atoms with Gasteiger partial charge >= 0.3 is 0 Å². The maximum atomic E-state index is 2.40. The van der Waals surface area contributed by atoms with Crippen molar-refractivity contribution in [3.63, 3.8) is 0 Å². The van der Waals surface area contributed by atoms with Gasteiger partial charge in [0, 0.05) is 29.7 Å². The molecule has 0 spiro atoms. The molecule has 0 unspecified atom stereocenters. The lowest BCUT2D eigenvalue weighted by Crippen LogP contribution is -1.76. The van der Waals surface area contributed by atoms with Crippen LogP contribution in [0.4, 0.5) is 0 Å².